The molecule has 3 heteroatoms. The molecule has 0 radical (unpaired) electrons. The van der Waals surface area contributed by atoms with Gasteiger partial charge in [-0.05, 0) is 25.7 Å². The number of unbranched alkanes of at least 4 members (excludes halogenated alkanes) is 13. The molecule has 28 heavy (non-hydrogen) atoms. The van der Waals surface area contributed by atoms with E-state index in [2.05, 4.69) is 6.92 Å². The second kappa shape index (κ2) is 20.2. The Morgan fingerprint density at radius 3 is 1.86 bits per heavy atom. The summed E-state index contributed by atoms with van der Waals surface area (Å²) in [6.45, 7) is 4.41. The number of hydrogen-bond donors (Lipinski definition) is 1. The van der Waals surface area contributed by atoms with Crippen molar-refractivity contribution in [2.45, 2.75) is 141 Å². The van der Waals surface area contributed by atoms with E-state index in [-0.39, 0.29) is 6.10 Å². The van der Waals surface area contributed by atoms with Gasteiger partial charge in [-0.15, -0.1) is 0 Å². The van der Waals surface area contributed by atoms with Crippen LogP contribution in [0.3, 0.4) is 0 Å². The quantitative estimate of drug-likeness (QED) is 0.279. The SMILES string of the molecule is CCCCCCCCCCCCCCCCOC1CCCCC(O)COCC1. The molecule has 168 valence electrons. The molecule has 1 fully saturated rings. The van der Waals surface area contributed by atoms with Gasteiger partial charge in [-0.3, -0.25) is 0 Å². The molecule has 0 saturated carbocycles. The average molecular weight is 399 g/mol. The minimum atomic E-state index is -0.270. The number of ether oxygens (including phenoxy) is 2. The van der Waals surface area contributed by atoms with E-state index in [4.69, 9.17) is 9.47 Å². The Balaban J connectivity index is 1.82. The van der Waals surface area contributed by atoms with E-state index >= 15 is 0 Å². The van der Waals surface area contributed by atoms with Crippen molar-refractivity contribution in [1.29, 1.82) is 0 Å². The third kappa shape index (κ3) is 16.8. The van der Waals surface area contributed by atoms with Gasteiger partial charge in [0.1, 0.15) is 0 Å². The number of rotatable bonds is 16. The van der Waals surface area contributed by atoms with Gasteiger partial charge < -0.3 is 14.6 Å². The molecule has 1 saturated heterocycles. The van der Waals surface area contributed by atoms with Gasteiger partial charge in [-0.25, -0.2) is 0 Å². The zero-order valence-electron chi connectivity index (χ0n) is 19.0. The molecular weight excluding hydrogens is 348 g/mol. The predicted molar refractivity (Wildman–Crippen MR) is 120 cm³/mol. The van der Waals surface area contributed by atoms with Crippen molar-refractivity contribution in [2.24, 2.45) is 0 Å². The molecule has 0 aliphatic carbocycles. The molecule has 0 aromatic carbocycles. The lowest BCUT2D eigenvalue weighted by molar-refractivity contribution is -0.0149. The lowest BCUT2D eigenvalue weighted by Crippen LogP contribution is -2.22. The molecule has 1 aliphatic heterocycles. The Kier molecular flexibility index (Phi) is 18.7. The lowest BCUT2D eigenvalue weighted by atomic mass is 10.0. The maximum atomic E-state index is 9.69. The Morgan fingerprint density at radius 1 is 0.714 bits per heavy atom. The first-order valence-electron chi connectivity index (χ1n) is 12.7. The van der Waals surface area contributed by atoms with Gasteiger partial charge in [-0.2, -0.15) is 0 Å². The van der Waals surface area contributed by atoms with Gasteiger partial charge in [-0.1, -0.05) is 103 Å². The van der Waals surface area contributed by atoms with E-state index < -0.39 is 0 Å². The van der Waals surface area contributed by atoms with Crippen LogP contribution in [0.25, 0.3) is 0 Å². The summed E-state index contributed by atoms with van der Waals surface area (Å²) >= 11 is 0. The second-order valence-electron chi connectivity index (χ2n) is 8.89. The van der Waals surface area contributed by atoms with Crippen LogP contribution in [-0.4, -0.2) is 37.1 Å². The van der Waals surface area contributed by atoms with Crippen LogP contribution in [-0.2, 0) is 9.47 Å². The van der Waals surface area contributed by atoms with Crippen LogP contribution in [0.2, 0.25) is 0 Å². The highest BCUT2D eigenvalue weighted by Gasteiger charge is 2.13. The summed E-state index contributed by atoms with van der Waals surface area (Å²) in [6.07, 6.45) is 24.9. The van der Waals surface area contributed by atoms with Gasteiger partial charge in [0.25, 0.3) is 0 Å². The molecule has 1 N–H and O–H groups in total. The predicted octanol–water partition coefficient (Wildman–Crippen LogP) is 7.19. The van der Waals surface area contributed by atoms with E-state index in [1.54, 1.807) is 0 Å². The van der Waals surface area contributed by atoms with Gasteiger partial charge in [0.05, 0.1) is 18.8 Å². The van der Waals surface area contributed by atoms with Gasteiger partial charge >= 0.3 is 0 Å². The van der Waals surface area contributed by atoms with Crippen LogP contribution in [0, 0.1) is 0 Å². The minimum absolute atomic E-state index is 0.270. The molecular formula is C25H50O3. The van der Waals surface area contributed by atoms with Crippen LogP contribution >= 0.6 is 0 Å². The highest BCUT2D eigenvalue weighted by molar-refractivity contribution is 4.63. The summed E-state index contributed by atoms with van der Waals surface area (Å²) in [4.78, 5) is 0. The van der Waals surface area contributed by atoms with Crippen LogP contribution in [0.4, 0.5) is 0 Å². The first-order chi connectivity index (χ1) is 13.8. The minimum Gasteiger partial charge on any atom is -0.391 e. The van der Waals surface area contributed by atoms with Gasteiger partial charge in [0.2, 0.25) is 0 Å². The fraction of sp³-hybridized carbons (Fsp3) is 1.00. The fourth-order valence-corrected chi connectivity index (χ4v) is 4.13. The summed E-state index contributed by atoms with van der Waals surface area (Å²) in [6, 6.07) is 0. The van der Waals surface area contributed by atoms with E-state index in [1.807, 2.05) is 0 Å². The monoisotopic (exact) mass is 398 g/mol. The smallest absolute Gasteiger partial charge is 0.0773 e. The average Bonchev–Trinajstić information content (AvgIpc) is 2.70. The maximum absolute atomic E-state index is 9.69. The normalized spacial score (nSPS) is 21.6. The zero-order chi connectivity index (χ0) is 20.1. The number of aliphatic hydroxyl groups excluding tert-OH is 1. The van der Waals surface area contributed by atoms with Crippen molar-refractivity contribution < 1.29 is 14.6 Å². The summed E-state index contributed by atoms with van der Waals surface area (Å²) in [5.74, 6) is 0. The third-order valence-corrected chi connectivity index (χ3v) is 6.06. The first-order valence-corrected chi connectivity index (χ1v) is 12.7. The molecule has 2 atom stereocenters. The van der Waals surface area contributed by atoms with Crippen molar-refractivity contribution in [3.63, 3.8) is 0 Å². The molecule has 3 nitrogen and oxygen atoms in total. The highest BCUT2D eigenvalue weighted by Crippen LogP contribution is 2.16. The summed E-state index contributed by atoms with van der Waals surface area (Å²) < 4.78 is 11.7. The fourth-order valence-electron chi connectivity index (χ4n) is 4.13. The standard InChI is InChI=1S/C25H50O3/c1-2-3-4-5-6-7-8-9-10-11-12-13-14-17-21-28-25-19-16-15-18-24(26)23-27-22-20-25/h24-26H,2-23H2,1H3. The Hall–Kier alpha value is -0.120. The van der Waals surface area contributed by atoms with Crippen molar-refractivity contribution in [1.82, 2.24) is 0 Å². The van der Waals surface area contributed by atoms with Crippen LogP contribution in [0.15, 0.2) is 0 Å². The Morgan fingerprint density at radius 2 is 1.25 bits per heavy atom. The highest BCUT2D eigenvalue weighted by atomic mass is 16.5. The number of hydrogen-bond acceptors (Lipinski definition) is 3. The van der Waals surface area contributed by atoms with E-state index in [0.717, 1.165) is 38.9 Å². The van der Waals surface area contributed by atoms with E-state index in [0.29, 0.717) is 12.7 Å². The van der Waals surface area contributed by atoms with Crippen LogP contribution in [0.1, 0.15) is 129 Å². The molecule has 2 unspecified atom stereocenters. The summed E-state index contributed by atoms with van der Waals surface area (Å²) in [7, 11) is 0. The molecule has 0 aromatic heterocycles. The zero-order valence-corrected chi connectivity index (χ0v) is 19.0. The van der Waals surface area contributed by atoms with Crippen molar-refractivity contribution in [3.8, 4) is 0 Å². The van der Waals surface area contributed by atoms with Gasteiger partial charge in [0.15, 0.2) is 0 Å². The van der Waals surface area contributed by atoms with E-state index in [9.17, 15) is 5.11 Å². The van der Waals surface area contributed by atoms with E-state index in [1.165, 1.54) is 96.3 Å². The second-order valence-corrected chi connectivity index (χ2v) is 8.89. The van der Waals surface area contributed by atoms with Crippen LogP contribution < -0.4 is 0 Å². The topological polar surface area (TPSA) is 38.7 Å². The van der Waals surface area contributed by atoms with Crippen LogP contribution in [0.5, 0.6) is 0 Å². The summed E-state index contributed by atoms with van der Waals surface area (Å²) in [5, 5.41) is 9.69. The van der Waals surface area contributed by atoms with Crippen molar-refractivity contribution in [2.75, 3.05) is 19.8 Å². The van der Waals surface area contributed by atoms with Crippen molar-refractivity contribution in [3.05, 3.63) is 0 Å². The largest absolute Gasteiger partial charge is 0.391 e. The lowest BCUT2D eigenvalue weighted by Gasteiger charge is -2.21. The Labute approximate surface area is 176 Å². The summed E-state index contributed by atoms with van der Waals surface area (Å²) in [5.41, 5.74) is 0. The third-order valence-electron chi connectivity index (χ3n) is 6.06. The molecule has 1 heterocycles. The molecule has 0 spiro atoms. The molecule has 1 aliphatic rings. The first kappa shape index (κ1) is 25.9. The van der Waals surface area contributed by atoms with Crippen molar-refractivity contribution >= 4 is 0 Å². The molecule has 0 aromatic rings. The molecule has 0 amide bonds. The van der Waals surface area contributed by atoms with Gasteiger partial charge in [0, 0.05) is 13.2 Å². The Bertz CT molecular complexity index is 296. The maximum Gasteiger partial charge on any atom is 0.0773 e. The molecule has 1 rings (SSSR count). The number of aliphatic hydroxyl groups is 1. The molecule has 0 bridgehead atoms.